The summed E-state index contributed by atoms with van der Waals surface area (Å²) in [6.45, 7) is 0. The highest BCUT2D eigenvalue weighted by Crippen LogP contribution is 2.45. The molecule has 0 fully saturated rings. The summed E-state index contributed by atoms with van der Waals surface area (Å²) >= 11 is 18.5. The number of fused-ring (bicyclic) bond motifs is 1. The predicted molar refractivity (Wildman–Crippen MR) is 89.7 cm³/mol. The van der Waals surface area contributed by atoms with E-state index in [2.05, 4.69) is 11.1 Å². The Balaban J connectivity index is 2.34. The summed E-state index contributed by atoms with van der Waals surface area (Å²) in [6.07, 6.45) is 1.90. The maximum absolute atomic E-state index is 10.6. The maximum Gasteiger partial charge on any atom is 0.133 e. The number of hydrogen-bond donors (Lipinski definition) is 2. The first-order chi connectivity index (χ1) is 10.5. The highest BCUT2D eigenvalue weighted by Gasteiger charge is 2.18. The molecule has 0 aliphatic heterocycles. The predicted octanol–water partition coefficient (Wildman–Crippen LogP) is 5.57. The van der Waals surface area contributed by atoms with Crippen LogP contribution in [0.4, 0.5) is 0 Å². The lowest BCUT2D eigenvalue weighted by Gasteiger charge is -2.11. The van der Waals surface area contributed by atoms with Gasteiger partial charge in [-0.1, -0.05) is 34.8 Å². The minimum atomic E-state index is 0.0232. The molecule has 1 heterocycles. The molecule has 6 heteroatoms. The van der Waals surface area contributed by atoms with Crippen molar-refractivity contribution in [3.8, 4) is 22.9 Å². The lowest BCUT2D eigenvalue weighted by molar-refractivity contribution is 0.483. The number of aromatic hydroxyl groups is 1. The van der Waals surface area contributed by atoms with E-state index in [1.165, 1.54) is 0 Å². The molecular formula is C16H9Cl3N2O. The third-order valence-electron chi connectivity index (χ3n) is 3.48. The summed E-state index contributed by atoms with van der Waals surface area (Å²) in [7, 11) is 0. The SMILES string of the molecule is N#CCc1c[nH]c2ccc(-c3c(Cl)ccc(Cl)c3Cl)c(O)c12. The first-order valence-electron chi connectivity index (χ1n) is 6.37. The largest absolute Gasteiger partial charge is 0.507 e. The van der Waals surface area contributed by atoms with Crippen LogP contribution in [0.25, 0.3) is 22.0 Å². The van der Waals surface area contributed by atoms with E-state index < -0.39 is 0 Å². The number of phenolic OH excluding ortho intramolecular Hbond substituents is 1. The second-order valence-corrected chi connectivity index (χ2v) is 5.94. The second-order valence-electron chi connectivity index (χ2n) is 4.75. The number of aromatic amines is 1. The van der Waals surface area contributed by atoms with Gasteiger partial charge in [-0.25, -0.2) is 0 Å². The zero-order valence-electron chi connectivity index (χ0n) is 11.1. The highest BCUT2D eigenvalue weighted by atomic mass is 35.5. The van der Waals surface area contributed by atoms with Gasteiger partial charge in [0.15, 0.2) is 0 Å². The zero-order valence-corrected chi connectivity index (χ0v) is 13.4. The smallest absolute Gasteiger partial charge is 0.133 e. The number of H-pyrrole nitrogens is 1. The summed E-state index contributed by atoms with van der Waals surface area (Å²) in [6, 6.07) is 8.82. The average molecular weight is 352 g/mol. The summed E-state index contributed by atoms with van der Waals surface area (Å²) in [5.41, 5.74) is 2.40. The molecule has 0 aliphatic carbocycles. The molecule has 0 amide bonds. The van der Waals surface area contributed by atoms with E-state index in [4.69, 9.17) is 40.1 Å². The van der Waals surface area contributed by atoms with Crippen molar-refractivity contribution in [3.05, 3.63) is 51.1 Å². The van der Waals surface area contributed by atoms with Crippen LogP contribution < -0.4 is 0 Å². The highest BCUT2D eigenvalue weighted by molar-refractivity contribution is 6.46. The van der Waals surface area contributed by atoms with E-state index in [1.54, 1.807) is 30.5 Å². The summed E-state index contributed by atoms with van der Waals surface area (Å²) in [4.78, 5) is 3.03. The molecular weight excluding hydrogens is 343 g/mol. The van der Waals surface area contributed by atoms with Crippen molar-refractivity contribution in [3.63, 3.8) is 0 Å². The third-order valence-corrected chi connectivity index (χ3v) is 4.60. The Morgan fingerprint density at radius 1 is 1.09 bits per heavy atom. The van der Waals surface area contributed by atoms with Crippen molar-refractivity contribution in [2.24, 2.45) is 0 Å². The van der Waals surface area contributed by atoms with Crippen LogP contribution >= 0.6 is 34.8 Å². The van der Waals surface area contributed by atoms with E-state index in [-0.39, 0.29) is 17.2 Å². The van der Waals surface area contributed by atoms with Gasteiger partial charge in [0.05, 0.1) is 27.6 Å². The molecule has 0 unspecified atom stereocenters. The number of aromatic nitrogens is 1. The number of hydrogen-bond acceptors (Lipinski definition) is 2. The Morgan fingerprint density at radius 3 is 2.55 bits per heavy atom. The second kappa shape index (κ2) is 5.73. The monoisotopic (exact) mass is 350 g/mol. The minimum Gasteiger partial charge on any atom is -0.507 e. The van der Waals surface area contributed by atoms with Crippen LogP contribution in [-0.2, 0) is 6.42 Å². The first-order valence-corrected chi connectivity index (χ1v) is 7.50. The first kappa shape index (κ1) is 15.1. The van der Waals surface area contributed by atoms with Crippen molar-refractivity contribution in [2.75, 3.05) is 0 Å². The summed E-state index contributed by atoms with van der Waals surface area (Å²) in [5.74, 6) is 0.0232. The van der Waals surface area contributed by atoms with Gasteiger partial charge in [-0.2, -0.15) is 5.26 Å². The van der Waals surface area contributed by atoms with Crippen LogP contribution in [0.2, 0.25) is 15.1 Å². The molecule has 110 valence electrons. The van der Waals surface area contributed by atoms with Crippen LogP contribution in [0, 0.1) is 11.3 Å². The fourth-order valence-corrected chi connectivity index (χ4v) is 3.21. The average Bonchev–Trinajstić information content (AvgIpc) is 2.90. The molecule has 3 nitrogen and oxygen atoms in total. The molecule has 1 aromatic heterocycles. The van der Waals surface area contributed by atoms with Crippen LogP contribution in [0.3, 0.4) is 0 Å². The lowest BCUT2D eigenvalue weighted by Crippen LogP contribution is -1.86. The van der Waals surface area contributed by atoms with Gasteiger partial charge in [0.25, 0.3) is 0 Å². The number of nitriles is 1. The van der Waals surface area contributed by atoms with Crippen LogP contribution in [0.15, 0.2) is 30.5 Å². The summed E-state index contributed by atoms with van der Waals surface area (Å²) in [5, 5.41) is 21.2. The molecule has 2 aromatic carbocycles. The topological polar surface area (TPSA) is 59.8 Å². The van der Waals surface area contributed by atoms with Crippen molar-refractivity contribution < 1.29 is 5.11 Å². The normalized spacial score (nSPS) is 10.8. The number of halogens is 3. The zero-order chi connectivity index (χ0) is 15.9. The summed E-state index contributed by atoms with van der Waals surface area (Å²) < 4.78 is 0. The Morgan fingerprint density at radius 2 is 1.82 bits per heavy atom. The molecule has 22 heavy (non-hydrogen) atoms. The van der Waals surface area contributed by atoms with Crippen LogP contribution in [0.5, 0.6) is 5.75 Å². The Kier molecular flexibility index (Phi) is 3.92. The minimum absolute atomic E-state index is 0.0232. The fraction of sp³-hybridized carbons (Fsp3) is 0.0625. The van der Waals surface area contributed by atoms with E-state index in [0.717, 1.165) is 5.52 Å². The molecule has 0 atom stereocenters. The molecule has 0 bridgehead atoms. The van der Waals surface area contributed by atoms with Gasteiger partial charge < -0.3 is 10.1 Å². The molecule has 0 spiro atoms. The van der Waals surface area contributed by atoms with Gasteiger partial charge in [-0.15, -0.1) is 0 Å². The Hall–Kier alpha value is -1.86. The molecule has 3 aromatic rings. The molecule has 0 saturated heterocycles. The quantitative estimate of drug-likeness (QED) is 0.593. The standard InChI is InChI=1S/C16H9Cl3N2O/c17-10-2-3-11(18)15(19)14(10)9-1-4-12-13(16(9)22)8(5-6-20)7-21-12/h1-4,7,21-22H,5H2. The third kappa shape index (κ3) is 2.30. The van der Waals surface area contributed by atoms with Gasteiger partial charge in [0, 0.05) is 28.2 Å². The maximum atomic E-state index is 10.6. The van der Waals surface area contributed by atoms with Crippen molar-refractivity contribution in [2.45, 2.75) is 6.42 Å². The van der Waals surface area contributed by atoms with Crippen LogP contribution in [0.1, 0.15) is 5.56 Å². The van der Waals surface area contributed by atoms with Gasteiger partial charge in [0.2, 0.25) is 0 Å². The van der Waals surface area contributed by atoms with Gasteiger partial charge >= 0.3 is 0 Å². The number of nitrogens with zero attached hydrogens (tertiary/aromatic N) is 1. The molecule has 0 saturated carbocycles. The van der Waals surface area contributed by atoms with Crippen molar-refractivity contribution >= 4 is 45.7 Å². The number of nitrogens with one attached hydrogen (secondary N) is 1. The molecule has 2 N–H and O–H groups in total. The van der Waals surface area contributed by atoms with E-state index in [1.807, 2.05) is 0 Å². The van der Waals surface area contributed by atoms with Gasteiger partial charge in [0.1, 0.15) is 5.75 Å². The molecule has 0 radical (unpaired) electrons. The van der Waals surface area contributed by atoms with Crippen LogP contribution in [-0.4, -0.2) is 10.1 Å². The Bertz CT molecular complexity index is 925. The molecule has 0 aliphatic rings. The van der Waals surface area contributed by atoms with Crippen molar-refractivity contribution in [1.29, 1.82) is 5.26 Å². The van der Waals surface area contributed by atoms with E-state index in [0.29, 0.717) is 32.1 Å². The van der Waals surface area contributed by atoms with Gasteiger partial charge in [-0.05, 0) is 29.8 Å². The number of rotatable bonds is 2. The number of benzene rings is 2. The van der Waals surface area contributed by atoms with Gasteiger partial charge in [-0.3, -0.25) is 0 Å². The number of phenols is 1. The fourth-order valence-electron chi connectivity index (χ4n) is 2.47. The Labute approximate surface area is 141 Å². The molecule has 3 rings (SSSR count). The van der Waals surface area contributed by atoms with E-state index >= 15 is 0 Å². The van der Waals surface area contributed by atoms with Crippen molar-refractivity contribution in [1.82, 2.24) is 4.98 Å². The van der Waals surface area contributed by atoms with E-state index in [9.17, 15) is 5.11 Å². The lowest BCUT2D eigenvalue weighted by atomic mass is 10.00.